The number of hydrogen-bond acceptors (Lipinski definition) is 5. The third-order valence-corrected chi connectivity index (χ3v) is 4.94. The third-order valence-electron chi connectivity index (χ3n) is 4.71. The zero-order chi connectivity index (χ0) is 22.5. The molecule has 6 heteroatoms. The van der Waals surface area contributed by atoms with E-state index < -0.39 is 5.97 Å². The van der Waals surface area contributed by atoms with Crippen molar-refractivity contribution in [2.24, 2.45) is 0 Å². The number of carbonyl (C=O) groups is 1. The second kappa shape index (κ2) is 9.62. The van der Waals surface area contributed by atoms with Gasteiger partial charge in [-0.15, -0.1) is 0 Å². The first-order chi connectivity index (χ1) is 15.6. The first kappa shape index (κ1) is 21.5. The largest absolute Gasteiger partial charge is 0.504 e. The maximum Gasteiger partial charge on any atom is 0.311 e. The van der Waals surface area contributed by atoms with Crippen LogP contribution in [-0.4, -0.2) is 11.1 Å². The topological polar surface area (TPSA) is 65.0 Å². The minimum absolute atomic E-state index is 0.0363. The van der Waals surface area contributed by atoms with E-state index in [0.717, 1.165) is 0 Å². The van der Waals surface area contributed by atoms with E-state index in [1.54, 1.807) is 42.5 Å². The van der Waals surface area contributed by atoms with Crippen LogP contribution in [0, 0.1) is 0 Å². The number of phenols is 1. The van der Waals surface area contributed by atoms with Crippen molar-refractivity contribution in [2.75, 3.05) is 0 Å². The van der Waals surface area contributed by atoms with Crippen molar-refractivity contribution in [3.63, 3.8) is 0 Å². The molecule has 0 aliphatic heterocycles. The van der Waals surface area contributed by atoms with Crippen molar-refractivity contribution < 1.29 is 24.1 Å². The van der Waals surface area contributed by atoms with Gasteiger partial charge in [-0.2, -0.15) is 0 Å². The van der Waals surface area contributed by atoms with Gasteiger partial charge in [0.25, 0.3) is 0 Å². The monoisotopic (exact) mass is 448 g/mol. The summed E-state index contributed by atoms with van der Waals surface area (Å²) in [4.78, 5) is 12.5. The lowest BCUT2D eigenvalue weighted by Gasteiger charge is -2.20. The van der Waals surface area contributed by atoms with Crippen LogP contribution in [0.15, 0.2) is 78.9 Å². The standard InChI is InChI=1S/C26H21ClO5/c1-2-9-22(28)32-24-21-16-17(27)14-15-20(21)23(29)25(30-18-10-5-3-6-11-18)26(24)31-19-12-7-4-8-13-19/h3-8,10-16,29H,2,9H2,1H3. The van der Waals surface area contributed by atoms with Gasteiger partial charge in [0, 0.05) is 22.2 Å². The van der Waals surface area contributed by atoms with Crippen LogP contribution >= 0.6 is 11.6 Å². The predicted octanol–water partition coefficient (Wildman–Crippen LogP) is 7.49. The summed E-state index contributed by atoms with van der Waals surface area (Å²) >= 11 is 6.23. The lowest BCUT2D eigenvalue weighted by atomic mass is 10.1. The van der Waals surface area contributed by atoms with Crippen molar-refractivity contribution in [1.82, 2.24) is 0 Å². The Kier molecular flexibility index (Phi) is 6.47. The Hall–Kier alpha value is -3.70. The van der Waals surface area contributed by atoms with Crippen molar-refractivity contribution in [1.29, 1.82) is 0 Å². The molecule has 0 radical (unpaired) electrons. The molecule has 0 unspecified atom stereocenters. The predicted molar refractivity (Wildman–Crippen MR) is 124 cm³/mol. The highest BCUT2D eigenvalue weighted by Gasteiger charge is 2.26. The zero-order valence-electron chi connectivity index (χ0n) is 17.4. The second-order valence-electron chi connectivity index (χ2n) is 7.08. The van der Waals surface area contributed by atoms with Crippen LogP contribution in [0.4, 0.5) is 0 Å². The number of esters is 1. The summed E-state index contributed by atoms with van der Waals surface area (Å²) in [6, 6.07) is 22.9. The highest BCUT2D eigenvalue weighted by molar-refractivity contribution is 6.31. The van der Waals surface area contributed by atoms with Gasteiger partial charge >= 0.3 is 5.97 Å². The summed E-state index contributed by atoms with van der Waals surface area (Å²) in [6.07, 6.45) is 0.848. The highest BCUT2D eigenvalue weighted by Crippen LogP contribution is 2.53. The molecule has 4 rings (SSSR count). The Morgan fingerprint density at radius 2 is 1.41 bits per heavy atom. The summed E-state index contributed by atoms with van der Waals surface area (Å²) in [5, 5.41) is 12.4. The molecule has 0 aliphatic carbocycles. The van der Waals surface area contributed by atoms with Gasteiger partial charge in [-0.05, 0) is 48.9 Å². The number of benzene rings is 4. The van der Waals surface area contributed by atoms with Crippen LogP contribution in [-0.2, 0) is 4.79 Å². The maximum absolute atomic E-state index is 12.5. The molecule has 32 heavy (non-hydrogen) atoms. The van der Waals surface area contributed by atoms with Gasteiger partial charge in [-0.3, -0.25) is 4.79 Å². The van der Waals surface area contributed by atoms with Crippen LogP contribution in [0.3, 0.4) is 0 Å². The zero-order valence-corrected chi connectivity index (χ0v) is 18.1. The number of phenolic OH excluding ortho intramolecular Hbond substituents is 1. The van der Waals surface area contributed by atoms with Crippen molar-refractivity contribution >= 4 is 28.3 Å². The molecule has 1 N–H and O–H groups in total. The van der Waals surface area contributed by atoms with Crippen LogP contribution in [0.25, 0.3) is 10.8 Å². The molecule has 4 aromatic carbocycles. The van der Waals surface area contributed by atoms with Crippen molar-refractivity contribution in [3.05, 3.63) is 83.9 Å². The third kappa shape index (κ3) is 4.63. The Bertz CT molecular complexity index is 1240. The average molecular weight is 449 g/mol. The summed E-state index contributed by atoms with van der Waals surface area (Å²) in [5.41, 5.74) is 0. The van der Waals surface area contributed by atoms with E-state index in [2.05, 4.69) is 0 Å². The number of halogens is 1. The van der Waals surface area contributed by atoms with E-state index in [0.29, 0.717) is 33.7 Å². The number of fused-ring (bicyclic) bond motifs is 1. The summed E-state index contributed by atoms with van der Waals surface area (Å²) in [5.74, 6) is 0.642. The number of para-hydroxylation sites is 2. The first-order valence-electron chi connectivity index (χ1n) is 10.2. The molecule has 0 amide bonds. The van der Waals surface area contributed by atoms with Crippen LogP contribution < -0.4 is 14.2 Å². The SMILES string of the molecule is CCCC(=O)Oc1c(Oc2ccccc2)c(Oc2ccccc2)c(O)c2ccc(Cl)cc12. The minimum atomic E-state index is -0.428. The smallest absolute Gasteiger partial charge is 0.311 e. The fourth-order valence-corrected chi connectivity index (χ4v) is 3.41. The number of aromatic hydroxyl groups is 1. The molecule has 0 saturated carbocycles. The van der Waals surface area contributed by atoms with Gasteiger partial charge in [-0.1, -0.05) is 54.9 Å². The molecule has 0 aliphatic rings. The molecule has 0 aromatic heterocycles. The van der Waals surface area contributed by atoms with Gasteiger partial charge in [0.1, 0.15) is 11.5 Å². The molecule has 162 valence electrons. The molecular formula is C26H21ClO5. The van der Waals surface area contributed by atoms with E-state index in [1.807, 2.05) is 43.3 Å². The number of carbonyl (C=O) groups excluding carboxylic acids is 1. The second-order valence-corrected chi connectivity index (χ2v) is 7.52. The van der Waals surface area contributed by atoms with Crippen LogP contribution in [0.5, 0.6) is 34.5 Å². The van der Waals surface area contributed by atoms with Gasteiger partial charge in [0.05, 0.1) is 0 Å². The number of ether oxygens (including phenoxy) is 3. The minimum Gasteiger partial charge on any atom is -0.504 e. The fourth-order valence-electron chi connectivity index (χ4n) is 3.24. The lowest BCUT2D eigenvalue weighted by Crippen LogP contribution is -2.09. The molecule has 4 aromatic rings. The first-order valence-corrected chi connectivity index (χ1v) is 10.6. The Labute approximate surface area is 190 Å². The maximum atomic E-state index is 12.5. The molecule has 0 spiro atoms. The Balaban J connectivity index is 1.97. The van der Waals surface area contributed by atoms with E-state index >= 15 is 0 Å². The van der Waals surface area contributed by atoms with E-state index in [9.17, 15) is 9.90 Å². The Morgan fingerprint density at radius 3 is 2.00 bits per heavy atom. The van der Waals surface area contributed by atoms with Crippen LogP contribution in [0.2, 0.25) is 5.02 Å². The molecule has 5 nitrogen and oxygen atoms in total. The van der Waals surface area contributed by atoms with Gasteiger partial charge in [-0.25, -0.2) is 0 Å². The Morgan fingerprint density at radius 1 is 0.812 bits per heavy atom. The lowest BCUT2D eigenvalue weighted by molar-refractivity contribution is -0.134. The summed E-state index contributed by atoms with van der Waals surface area (Å²) in [6.45, 7) is 1.89. The fraction of sp³-hybridized carbons (Fsp3) is 0.115. The highest BCUT2D eigenvalue weighted by atomic mass is 35.5. The molecule has 0 bridgehead atoms. The molecule has 0 atom stereocenters. The normalized spacial score (nSPS) is 10.7. The summed E-state index contributed by atoms with van der Waals surface area (Å²) in [7, 11) is 0. The van der Waals surface area contributed by atoms with Crippen molar-refractivity contribution in [3.8, 4) is 34.5 Å². The summed E-state index contributed by atoms with van der Waals surface area (Å²) < 4.78 is 17.9. The average Bonchev–Trinajstić information content (AvgIpc) is 2.80. The molecule has 0 heterocycles. The van der Waals surface area contributed by atoms with Crippen LogP contribution in [0.1, 0.15) is 19.8 Å². The number of hydrogen-bond donors (Lipinski definition) is 1. The van der Waals surface area contributed by atoms with E-state index in [-0.39, 0.29) is 29.4 Å². The number of rotatable bonds is 7. The van der Waals surface area contributed by atoms with Gasteiger partial charge in [0.2, 0.25) is 11.5 Å². The van der Waals surface area contributed by atoms with Crippen molar-refractivity contribution in [2.45, 2.75) is 19.8 Å². The van der Waals surface area contributed by atoms with Gasteiger partial charge in [0.15, 0.2) is 11.5 Å². The molecular weight excluding hydrogens is 428 g/mol. The van der Waals surface area contributed by atoms with Gasteiger partial charge < -0.3 is 19.3 Å². The quantitative estimate of drug-likeness (QED) is 0.234. The molecule has 0 fully saturated rings. The molecule has 0 saturated heterocycles. The van der Waals surface area contributed by atoms with E-state index in [4.69, 9.17) is 25.8 Å². The van der Waals surface area contributed by atoms with E-state index in [1.165, 1.54) is 0 Å².